The van der Waals surface area contributed by atoms with Crippen LogP contribution in [0.3, 0.4) is 0 Å². The first kappa shape index (κ1) is 19.4. The van der Waals surface area contributed by atoms with Crippen molar-refractivity contribution in [2.75, 3.05) is 13.7 Å². The van der Waals surface area contributed by atoms with Crippen LogP contribution in [-0.2, 0) is 14.3 Å². The summed E-state index contributed by atoms with van der Waals surface area (Å²) in [5.41, 5.74) is 2.62. The molecule has 7 heteroatoms. The van der Waals surface area contributed by atoms with Crippen molar-refractivity contribution in [1.82, 2.24) is 4.98 Å². The maximum absolute atomic E-state index is 12.7. The molecule has 3 rings (SSSR count). The fraction of sp³-hybridized carbons (Fsp3) is 0.286. The molecule has 0 amide bonds. The molecule has 0 spiro atoms. The third kappa shape index (κ3) is 3.55. The molecule has 1 aromatic carbocycles. The number of aryl methyl sites for hydroxylation is 1. The summed E-state index contributed by atoms with van der Waals surface area (Å²) < 4.78 is 15.6. The van der Waals surface area contributed by atoms with E-state index in [9.17, 15) is 14.4 Å². The van der Waals surface area contributed by atoms with Crippen molar-refractivity contribution in [2.24, 2.45) is 0 Å². The lowest BCUT2D eigenvalue weighted by molar-refractivity contribution is -0.141. The van der Waals surface area contributed by atoms with E-state index in [0.29, 0.717) is 28.1 Å². The van der Waals surface area contributed by atoms with Gasteiger partial charge in [0.15, 0.2) is 6.10 Å². The van der Waals surface area contributed by atoms with Crippen LogP contribution < -0.4 is 4.74 Å². The maximum atomic E-state index is 12.7. The second-order valence-electron chi connectivity index (χ2n) is 6.52. The number of aromatic nitrogens is 1. The number of H-pyrrole nitrogens is 1. The SMILES string of the molecule is COC(=O)c1c(C)[nH]c(C(=O)[C@@H](C)OC(=O)C2=Cc3ccccc3OC2)c1C. The number of carbonyl (C=O) groups is 3. The van der Waals surface area contributed by atoms with Gasteiger partial charge in [0, 0.05) is 11.3 Å². The molecular formula is C21H21NO6. The third-order valence-corrected chi connectivity index (χ3v) is 4.62. The van der Waals surface area contributed by atoms with E-state index in [4.69, 9.17) is 14.2 Å². The first-order chi connectivity index (χ1) is 13.3. The molecule has 0 saturated heterocycles. The Kier molecular flexibility index (Phi) is 5.35. The molecule has 1 aliphatic rings. The van der Waals surface area contributed by atoms with Gasteiger partial charge >= 0.3 is 11.9 Å². The molecule has 1 N–H and O–H groups in total. The molecule has 1 atom stereocenters. The number of benzene rings is 1. The molecule has 0 saturated carbocycles. The van der Waals surface area contributed by atoms with Crippen LogP contribution in [0.15, 0.2) is 29.8 Å². The first-order valence-corrected chi connectivity index (χ1v) is 8.78. The maximum Gasteiger partial charge on any atom is 0.339 e. The van der Waals surface area contributed by atoms with E-state index in [2.05, 4.69) is 4.98 Å². The van der Waals surface area contributed by atoms with Crippen molar-refractivity contribution in [3.05, 3.63) is 57.9 Å². The topological polar surface area (TPSA) is 94.7 Å². The summed E-state index contributed by atoms with van der Waals surface area (Å²) >= 11 is 0. The number of esters is 2. The van der Waals surface area contributed by atoms with Crippen LogP contribution in [0.5, 0.6) is 5.75 Å². The lowest BCUT2D eigenvalue weighted by atomic mass is 10.1. The average molecular weight is 383 g/mol. The van der Waals surface area contributed by atoms with E-state index in [1.807, 2.05) is 24.3 Å². The molecule has 0 radical (unpaired) electrons. The van der Waals surface area contributed by atoms with Crippen LogP contribution >= 0.6 is 0 Å². The van der Waals surface area contributed by atoms with Crippen molar-refractivity contribution in [3.63, 3.8) is 0 Å². The Morgan fingerprint density at radius 3 is 2.57 bits per heavy atom. The molecular weight excluding hydrogens is 362 g/mol. The number of rotatable bonds is 5. The van der Waals surface area contributed by atoms with E-state index in [-0.39, 0.29) is 12.3 Å². The molecule has 0 fully saturated rings. The Morgan fingerprint density at radius 1 is 1.14 bits per heavy atom. The summed E-state index contributed by atoms with van der Waals surface area (Å²) in [6, 6.07) is 7.33. The van der Waals surface area contributed by atoms with Gasteiger partial charge < -0.3 is 19.2 Å². The molecule has 7 nitrogen and oxygen atoms in total. The molecule has 28 heavy (non-hydrogen) atoms. The van der Waals surface area contributed by atoms with Crippen molar-refractivity contribution < 1.29 is 28.6 Å². The minimum Gasteiger partial charge on any atom is -0.488 e. The fourth-order valence-corrected chi connectivity index (χ4v) is 3.13. The number of para-hydroxylation sites is 1. The van der Waals surface area contributed by atoms with Crippen LogP contribution in [0.2, 0.25) is 0 Å². The van der Waals surface area contributed by atoms with Gasteiger partial charge in [0.1, 0.15) is 12.4 Å². The lowest BCUT2D eigenvalue weighted by Crippen LogP contribution is -2.28. The van der Waals surface area contributed by atoms with Gasteiger partial charge in [0.05, 0.1) is 23.9 Å². The fourth-order valence-electron chi connectivity index (χ4n) is 3.13. The van der Waals surface area contributed by atoms with Gasteiger partial charge in [0.25, 0.3) is 0 Å². The molecule has 1 aromatic heterocycles. The van der Waals surface area contributed by atoms with Gasteiger partial charge in [0.2, 0.25) is 5.78 Å². The van der Waals surface area contributed by atoms with Gasteiger partial charge in [-0.05, 0) is 38.5 Å². The number of methoxy groups -OCH3 is 1. The predicted octanol–water partition coefficient (Wildman–Crippen LogP) is 3.01. The Hall–Kier alpha value is -3.35. The van der Waals surface area contributed by atoms with Crippen LogP contribution in [0, 0.1) is 13.8 Å². The highest BCUT2D eigenvalue weighted by molar-refractivity contribution is 6.05. The number of fused-ring (bicyclic) bond motifs is 1. The third-order valence-electron chi connectivity index (χ3n) is 4.62. The molecule has 0 aliphatic carbocycles. The minimum atomic E-state index is -1.03. The summed E-state index contributed by atoms with van der Waals surface area (Å²) in [5.74, 6) is -0.888. The average Bonchev–Trinajstić information content (AvgIpc) is 3.00. The molecule has 0 unspecified atom stereocenters. The van der Waals surface area contributed by atoms with Crippen LogP contribution in [0.25, 0.3) is 6.08 Å². The van der Waals surface area contributed by atoms with Crippen molar-refractivity contribution in [1.29, 1.82) is 0 Å². The standard InChI is InChI=1S/C21H21NO6/c1-11-17(21(25)26-4)12(2)22-18(11)19(23)13(3)28-20(24)15-9-14-7-5-6-8-16(14)27-10-15/h5-9,13,22H,10H2,1-4H3/t13-/m1/s1. The monoisotopic (exact) mass is 383 g/mol. The van der Waals surface area contributed by atoms with Crippen LogP contribution in [0.1, 0.15) is 44.6 Å². The molecule has 146 valence electrons. The van der Waals surface area contributed by atoms with Crippen molar-refractivity contribution >= 4 is 23.8 Å². The summed E-state index contributed by atoms with van der Waals surface area (Å²) in [5, 5.41) is 0. The van der Waals surface area contributed by atoms with Crippen molar-refractivity contribution in [3.8, 4) is 5.75 Å². The van der Waals surface area contributed by atoms with Gasteiger partial charge in [-0.25, -0.2) is 9.59 Å². The van der Waals surface area contributed by atoms with Gasteiger partial charge in [-0.15, -0.1) is 0 Å². The highest BCUT2D eigenvalue weighted by atomic mass is 16.6. The molecule has 1 aliphatic heterocycles. The smallest absolute Gasteiger partial charge is 0.339 e. The van der Waals surface area contributed by atoms with Gasteiger partial charge in [-0.1, -0.05) is 18.2 Å². The lowest BCUT2D eigenvalue weighted by Gasteiger charge is -2.18. The Labute approximate surface area is 162 Å². The number of Topliss-reactive ketones (excluding diaryl/α,β-unsaturated/α-hetero) is 1. The summed E-state index contributed by atoms with van der Waals surface area (Å²) in [4.78, 5) is 40.0. The van der Waals surface area contributed by atoms with E-state index in [0.717, 1.165) is 5.56 Å². The van der Waals surface area contributed by atoms with E-state index in [1.54, 1.807) is 19.9 Å². The zero-order chi connectivity index (χ0) is 20.4. The second-order valence-corrected chi connectivity index (χ2v) is 6.52. The first-order valence-electron chi connectivity index (χ1n) is 8.78. The van der Waals surface area contributed by atoms with Crippen LogP contribution in [0.4, 0.5) is 0 Å². The van der Waals surface area contributed by atoms with E-state index < -0.39 is 23.8 Å². The Bertz CT molecular complexity index is 985. The van der Waals surface area contributed by atoms with Gasteiger partial charge in [-0.3, -0.25) is 4.79 Å². The normalized spacial score (nSPS) is 13.6. The van der Waals surface area contributed by atoms with Crippen molar-refractivity contribution in [2.45, 2.75) is 26.9 Å². The second kappa shape index (κ2) is 7.72. The number of aromatic amines is 1. The van der Waals surface area contributed by atoms with Crippen LogP contribution in [-0.4, -0.2) is 42.5 Å². The summed E-state index contributed by atoms with van der Waals surface area (Å²) in [6.45, 7) is 4.88. The minimum absolute atomic E-state index is 0.0733. The Morgan fingerprint density at radius 2 is 1.86 bits per heavy atom. The zero-order valence-corrected chi connectivity index (χ0v) is 16.1. The van der Waals surface area contributed by atoms with E-state index in [1.165, 1.54) is 14.0 Å². The highest BCUT2D eigenvalue weighted by Gasteiger charge is 2.28. The van der Waals surface area contributed by atoms with Gasteiger partial charge in [-0.2, -0.15) is 0 Å². The quantitative estimate of drug-likeness (QED) is 0.630. The number of hydrogen-bond donors (Lipinski definition) is 1. The largest absolute Gasteiger partial charge is 0.488 e. The number of carbonyl (C=O) groups excluding carboxylic acids is 3. The highest BCUT2D eigenvalue weighted by Crippen LogP contribution is 2.26. The molecule has 2 aromatic rings. The number of ether oxygens (including phenoxy) is 3. The zero-order valence-electron chi connectivity index (χ0n) is 16.1. The molecule has 2 heterocycles. The summed E-state index contributed by atoms with van der Waals surface area (Å²) in [6.07, 6.45) is 0.658. The number of hydrogen-bond acceptors (Lipinski definition) is 6. The molecule has 0 bridgehead atoms. The predicted molar refractivity (Wildman–Crippen MR) is 101 cm³/mol. The summed E-state index contributed by atoms with van der Waals surface area (Å²) in [7, 11) is 1.28. The van der Waals surface area contributed by atoms with E-state index >= 15 is 0 Å². The Balaban J connectivity index is 1.76. The number of ketones is 1. The number of nitrogens with one attached hydrogen (secondary N) is 1.